The van der Waals surface area contributed by atoms with E-state index in [1.807, 2.05) is 0 Å². The average Bonchev–Trinajstić information content (AvgIpc) is 2.72. The molecule has 144 valence electrons. The molecule has 1 saturated heterocycles. The summed E-state index contributed by atoms with van der Waals surface area (Å²) >= 11 is 0. The first-order valence-corrected chi connectivity index (χ1v) is 10.3. The Morgan fingerprint density at radius 1 is 1.26 bits per heavy atom. The Balaban J connectivity index is 1.59. The fourth-order valence-electron chi connectivity index (χ4n) is 3.13. The number of piperidine rings is 1. The summed E-state index contributed by atoms with van der Waals surface area (Å²) in [6, 6.07) is 11.5. The minimum atomic E-state index is -3.60. The number of amides is 1. The van der Waals surface area contributed by atoms with E-state index in [9.17, 15) is 13.2 Å². The van der Waals surface area contributed by atoms with Crippen molar-refractivity contribution in [3.63, 3.8) is 0 Å². The second kappa shape index (κ2) is 8.49. The van der Waals surface area contributed by atoms with Gasteiger partial charge >= 0.3 is 0 Å². The Kier molecular flexibility index (Phi) is 6.08. The summed E-state index contributed by atoms with van der Waals surface area (Å²) in [5, 5.41) is 0. The summed E-state index contributed by atoms with van der Waals surface area (Å²) in [6.07, 6.45) is 3.31. The molecule has 27 heavy (non-hydrogen) atoms. The van der Waals surface area contributed by atoms with Gasteiger partial charge in [-0.1, -0.05) is 6.07 Å². The van der Waals surface area contributed by atoms with Crippen molar-refractivity contribution in [1.82, 2.24) is 14.6 Å². The van der Waals surface area contributed by atoms with Crippen LogP contribution in [0.4, 0.5) is 0 Å². The monoisotopic (exact) mass is 389 g/mol. The lowest BCUT2D eigenvalue weighted by Gasteiger charge is -2.32. The Morgan fingerprint density at radius 3 is 2.70 bits per heavy atom. The number of nitrogens with one attached hydrogen (secondary N) is 1. The highest BCUT2D eigenvalue weighted by atomic mass is 32.2. The molecule has 0 unspecified atom stereocenters. The van der Waals surface area contributed by atoms with Crippen molar-refractivity contribution in [3.05, 3.63) is 54.4 Å². The Bertz CT molecular complexity index is 870. The van der Waals surface area contributed by atoms with Crippen molar-refractivity contribution in [3.8, 4) is 5.75 Å². The molecule has 0 bridgehead atoms. The van der Waals surface area contributed by atoms with Gasteiger partial charge in [-0.25, -0.2) is 13.1 Å². The summed E-state index contributed by atoms with van der Waals surface area (Å²) in [5.41, 5.74) is 0.414. The molecule has 0 radical (unpaired) electrons. The second-order valence-corrected chi connectivity index (χ2v) is 8.27. The molecule has 3 rings (SSSR count). The molecular weight excluding hydrogens is 366 g/mol. The molecule has 2 aromatic rings. The maximum absolute atomic E-state index is 12.5. The van der Waals surface area contributed by atoms with Gasteiger partial charge < -0.3 is 9.64 Å². The van der Waals surface area contributed by atoms with E-state index < -0.39 is 10.0 Å². The van der Waals surface area contributed by atoms with Gasteiger partial charge in [0.05, 0.1) is 12.0 Å². The lowest BCUT2D eigenvalue weighted by atomic mass is 9.98. The van der Waals surface area contributed by atoms with Crippen LogP contribution in [-0.2, 0) is 10.0 Å². The second-order valence-electron chi connectivity index (χ2n) is 6.50. The number of aromatic nitrogens is 1. The van der Waals surface area contributed by atoms with E-state index >= 15 is 0 Å². The number of pyridine rings is 1. The molecule has 1 atom stereocenters. The first-order chi connectivity index (χ1) is 13.0. The number of sulfonamides is 1. The minimum absolute atomic E-state index is 0.0689. The van der Waals surface area contributed by atoms with Gasteiger partial charge in [-0.05, 0) is 55.2 Å². The molecule has 1 aromatic heterocycles. The van der Waals surface area contributed by atoms with Gasteiger partial charge in [0.15, 0.2) is 0 Å². The van der Waals surface area contributed by atoms with Crippen LogP contribution >= 0.6 is 0 Å². The number of hydrogen-bond acceptors (Lipinski definition) is 5. The largest absolute Gasteiger partial charge is 0.497 e. The maximum Gasteiger partial charge on any atom is 0.272 e. The van der Waals surface area contributed by atoms with E-state index in [0.717, 1.165) is 12.8 Å². The number of rotatable bonds is 6. The van der Waals surface area contributed by atoms with Crippen LogP contribution in [-0.4, -0.2) is 51.0 Å². The summed E-state index contributed by atoms with van der Waals surface area (Å²) < 4.78 is 32.6. The van der Waals surface area contributed by atoms with Crippen molar-refractivity contribution in [2.75, 3.05) is 26.7 Å². The van der Waals surface area contributed by atoms with Gasteiger partial charge in [-0.2, -0.15) is 0 Å². The standard InChI is InChI=1S/C19H23N3O4S/c1-26-16-7-9-17(10-8-16)27(24,25)21-13-15-5-4-12-22(14-15)19(23)18-6-2-3-11-20-18/h2-3,6-11,15,21H,4-5,12-14H2,1H3/t15-/m1/s1. The molecule has 0 aliphatic carbocycles. The molecule has 1 aromatic carbocycles. The lowest BCUT2D eigenvalue weighted by molar-refractivity contribution is 0.0670. The van der Waals surface area contributed by atoms with E-state index in [1.165, 1.54) is 19.2 Å². The van der Waals surface area contributed by atoms with E-state index in [0.29, 0.717) is 31.1 Å². The number of carbonyl (C=O) groups excluding carboxylic acids is 1. The zero-order chi connectivity index (χ0) is 19.3. The molecule has 1 amide bonds. The van der Waals surface area contributed by atoms with Crippen LogP contribution in [0.1, 0.15) is 23.3 Å². The molecule has 1 N–H and O–H groups in total. The fraction of sp³-hybridized carbons (Fsp3) is 0.368. The normalized spacial score (nSPS) is 17.5. The van der Waals surface area contributed by atoms with Crippen LogP contribution in [0, 0.1) is 5.92 Å². The van der Waals surface area contributed by atoms with Crippen molar-refractivity contribution in [2.24, 2.45) is 5.92 Å². The van der Waals surface area contributed by atoms with Gasteiger partial charge in [0.25, 0.3) is 5.91 Å². The van der Waals surface area contributed by atoms with Crippen LogP contribution in [0.25, 0.3) is 0 Å². The van der Waals surface area contributed by atoms with Crippen molar-refractivity contribution in [2.45, 2.75) is 17.7 Å². The van der Waals surface area contributed by atoms with Crippen LogP contribution in [0.5, 0.6) is 5.75 Å². The molecule has 0 spiro atoms. The zero-order valence-electron chi connectivity index (χ0n) is 15.2. The first-order valence-electron chi connectivity index (χ1n) is 8.83. The van der Waals surface area contributed by atoms with Crippen LogP contribution in [0.15, 0.2) is 53.6 Å². The first kappa shape index (κ1) is 19.3. The zero-order valence-corrected chi connectivity index (χ0v) is 16.0. The highest BCUT2D eigenvalue weighted by Crippen LogP contribution is 2.19. The molecular formula is C19H23N3O4S. The Morgan fingerprint density at radius 2 is 2.04 bits per heavy atom. The quantitative estimate of drug-likeness (QED) is 0.815. The molecule has 7 nitrogen and oxygen atoms in total. The number of hydrogen-bond donors (Lipinski definition) is 1. The third-order valence-corrected chi connectivity index (χ3v) is 6.06. The fourth-order valence-corrected chi connectivity index (χ4v) is 4.25. The van der Waals surface area contributed by atoms with E-state index in [-0.39, 0.29) is 16.7 Å². The highest BCUT2D eigenvalue weighted by Gasteiger charge is 2.26. The maximum atomic E-state index is 12.5. The van der Waals surface area contributed by atoms with Crippen molar-refractivity contribution < 1.29 is 17.9 Å². The number of benzene rings is 1. The van der Waals surface area contributed by atoms with Crippen LogP contribution < -0.4 is 9.46 Å². The van der Waals surface area contributed by atoms with E-state index in [1.54, 1.807) is 41.4 Å². The summed E-state index contributed by atoms with van der Waals surface area (Å²) in [4.78, 5) is 18.6. The minimum Gasteiger partial charge on any atom is -0.497 e. The highest BCUT2D eigenvalue weighted by molar-refractivity contribution is 7.89. The van der Waals surface area contributed by atoms with Crippen LogP contribution in [0.2, 0.25) is 0 Å². The topological polar surface area (TPSA) is 88.6 Å². The number of ether oxygens (including phenoxy) is 1. The van der Waals surface area contributed by atoms with Gasteiger partial charge in [-0.15, -0.1) is 0 Å². The third kappa shape index (κ3) is 4.84. The van der Waals surface area contributed by atoms with E-state index in [4.69, 9.17) is 4.74 Å². The number of carbonyl (C=O) groups is 1. The number of methoxy groups -OCH3 is 1. The molecule has 8 heteroatoms. The van der Waals surface area contributed by atoms with Gasteiger partial charge in [0.1, 0.15) is 11.4 Å². The van der Waals surface area contributed by atoms with Gasteiger partial charge in [-0.3, -0.25) is 9.78 Å². The van der Waals surface area contributed by atoms with Gasteiger partial charge in [0.2, 0.25) is 10.0 Å². The molecule has 1 fully saturated rings. The van der Waals surface area contributed by atoms with Gasteiger partial charge in [0, 0.05) is 25.8 Å². The summed E-state index contributed by atoms with van der Waals surface area (Å²) in [7, 11) is -2.07. The lowest BCUT2D eigenvalue weighted by Crippen LogP contribution is -2.43. The average molecular weight is 389 g/mol. The summed E-state index contributed by atoms with van der Waals surface area (Å²) in [6.45, 7) is 1.47. The smallest absolute Gasteiger partial charge is 0.272 e. The van der Waals surface area contributed by atoms with Crippen LogP contribution in [0.3, 0.4) is 0 Å². The van der Waals surface area contributed by atoms with Crippen molar-refractivity contribution >= 4 is 15.9 Å². The number of likely N-dealkylation sites (tertiary alicyclic amines) is 1. The van der Waals surface area contributed by atoms with E-state index in [2.05, 4.69) is 9.71 Å². The Labute approximate surface area is 159 Å². The molecule has 1 aliphatic heterocycles. The van der Waals surface area contributed by atoms with Crippen molar-refractivity contribution in [1.29, 1.82) is 0 Å². The summed E-state index contributed by atoms with van der Waals surface area (Å²) in [5.74, 6) is 0.558. The Hall–Kier alpha value is -2.45. The molecule has 1 aliphatic rings. The predicted octanol–water partition coefficient (Wildman–Crippen LogP) is 1.92. The number of nitrogens with zero attached hydrogens (tertiary/aromatic N) is 2. The molecule has 2 heterocycles. The SMILES string of the molecule is COc1ccc(S(=O)(=O)NC[C@H]2CCCN(C(=O)c3ccccn3)C2)cc1. The predicted molar refractivity (Wildman–Crippen MR) is 101 cm³/mol. The third-order valence-electron chi connectivity index (χ3n) is 4.62. The molecule has 0 saturated carbocycles.